The quantitative estimate of drug-likeness (QED) is 0.529. The zero-order valence-electron chi connectivity index (χ0n) is 6.42. The predicted octanol–water partition coefficient (Wildman–Crippen LogP) is 1.84. The molecule has 1 heteroatoms. The zero-order chi connectivity index (χ0) is 6.97. The van der Waals surface area contributed by atoms with E-state index in [4.69, 9.17) is 4.74 Å². The number of ether oxygens (including phenoxy) is 1. The van der Waals surface area contributed by atoms with E-state index < -0.39 is 0 Å². The molecule has 2 aliphatic carbocycles. The predicted molar refractivity (Wildman–Crippen MR) is 40.7 cm³/mol. The summed E-state index contributed by atoms with van der Waals surface area (Å²) >= 11 is 0. The maximum atomic E-state index is 5.14. The van der Waals surface area contributed by atoms with E-state index in [0.717, 1.165) is 24.4 Å². The normalized spacial score (nSPS) is 43.1. The third-order valence-electron chi connectivity index (χ3n) is 2.80. The Morgan fingerprint density at radius 3 is 2.80 bits per heavy atom. The fourth-order valence-corrected chi connectivity index (χ4v) is 2.30. The Morgan fingerprint density at radius 2 is 2.30 bits per heavy atom. The molecule has 0 N–H and O–H groups in total. The number of rotatable bonds is 2. The van der Waals surface area contributed by atoms with Crippen molar-refractivity contribution in [2.45, 2.75) is 12.8 Å². The number of hydrogen-bond donors (Lipinski definition) is 0. The molecule has 2 aliphatic rings. The van der Waals surface area contributed by atoms with Crippen LogP contribution in [-0.4, -0.2) is 13.7 Å². The maximum absolute atomic E-state index is 5.14. The van der Waals surface area contributed by atoms with Crippen molar-refractivity contribution in [2.24, 2.45) is 17.8 Å². The molecular formula is C9H14O. The van der Waals surface area contributed by atoms with Crippen LogP contribution in [0.4, 0.5) is 0 Å². The Hall–Kier alpha value is -0.300. The van der Waals surface area contributed by atoms with Gasteiger partial charge in [-0.1, -0.05) is 12.2 Å². The van der Waals surface area contributed by atoms with Crippen LogP contribution >= 0.6 is 0 Å². The molecule has 0 radical (unpaired) electrons. The van der Waals surface area contributed by atoms with Crippen molar-refractivity contribution in [1.82, 2.24) is 0 Å². The van der Waals surface area contributed by atoms with E-state index in [1.54, 1.807) is 7.11 Å². The Balaban J connectivity index is 1.96. The molecule has 3 atom stereocenters. The molecule has 56 valence electrons. The monoisotopic (exact) mass is 138 g/mol. The minimum atomic E-state index is 0.833. The van der Waals surface area contributed by atoms with Crippen LogP contribution in [0.3, 0.4) is 0 Å². The lowest BCUT2D eigenvalue weighted by Gasteiger charge is -2.15. The van der Waals surface area contributed by atoms with Gasteiger partial charge in [-0.2, -0.15) is 0 Å². The Morgan fingerprint density at radius 1 is 1.40 bits per heavy atom. The third-order valence-corrected chi connectivity index (χ3v) is 2.80. The highest BCUT2D eigenvalue weighted by Crippen LogP contribution is 2.43. The van der Waals surface area contributed by atoms with Crippen LogP contribution in [0.25, 0.3) is 0 Å². The topological polar surface area (TPSA) is 9.23 Å². The molecule has 1 saturated carbocycles. The smallest absolute Gasteiger partial charge is 0.0496 e. The Bertz CT molecular complexity index is 151. The molecule has 10 heavy (non-hydrogen) atoms. The number of hydrogen-bond acceptors (Lipinski definition) is 1. The van der Waals surface area contributed by atoms with Crippen molar-refractivity contribution in [3.05, 3.63) is 12.2 Å². The van der Waals surface area contributed by atoms with Gasteiger partial charge < -0.3 is 4.74 Å². The van der Waals surface area contributed by atoms with E-state index in [2.05, 4.69) is 12.2 Å². The van der Waals surface area contributed by atoms with Gasteiger partial charge in [0.2, 0.25) is 0 Å². The van der Waals surface area contributed by atoms with E-state index in [-0.39, 0.29) is 0 Å². The SMILES string of the molecule is COC[C@H]1C[C@@H]2C=C[C@H]1C2. The number of fused-ring (bicyclic) bond motifs is 2. The fourth-order valence-electron chi connectivity index (χ4n) is 2.30. The van der Waals surface area contributed by atoms with Crippen LogP contribution in [0, 0.1) is 17.8 Å². The first-order valence-corrected chi connectivity index (χ1v) is 4.07. The molecule has 0 aromatic rings. The van der Waals surface area contributed by atoms with Crippen molar-refractivity contribution >= 4 is 0 Å². The molecule has 0 unspecified atom stereocenters. The minimum absolute atomic E-state index is 0.833. The lowest BCUT2D eigenvalue weighted by molar-refractivity contribution is 0.140. The summed E-state index contributed by atoms with van der Waals surface area (Å²) in [5.41, 5.74) is 0. The van der Waals surface area contributed by atoms with Gasteiger partial charge in [-0.3, -0.25) is 0 Å². The molecule has 2 rings (SSSR count). The second-order valence-electron chi connectivity index (χ2n) is 3.50. The van der Waals surface area contributed by atoms with E-state index in [1.165, 1.54) is 12.8 Å². The molecule has 1 nitrogen and oxygen atoms in total. The first-order valence-electron chi connectivity index (χ1n) is 4.07. The van der Waals surface area contributed by atoms with Crippen LogP contribution in [0.5, 0.6) is 0 Å². The third kappa shape index (κ3) is 0.891. The minimum Gasteiger partial charge on any atom is -0.384 e. The van der Waals surface area contributed by atoms with Crippen LogP contribution in [-0.2, 0) is 4.74 Å². The highest BCUT2D eigenvalue weighted by molar-refractivity contribution is 5.09. The summed E-state index contributed by atoms with van der Waals surface area (Å²) in [7, 11) is 1.80. The van der Waals surface area contributed by atoms with E-state index in [0.29, 0.717) is 0 Å². The second kappa shape index (κ2) is 2.39. The summed E-state index contributed by atoms with van der Waals surface area (Å²) in [6.07, 6.45) is 7.51. The molecular weight excluding hydrogens is 124 g/mol. The van der Waals surface area contributed by atoms with Crippen molar-refractivity contribution in [1.29, 1.82) is 0 Å². The highest BCUT2D eigenvalue weighted by Gasteiger charge is 2.35. The second-order valence-corrected chi connectivity index (χ2v) is 3.50. The molecule has 0 aromatic carbocycles. The van der Waals surface area contributed by atoms with Crippen LogP contribution in [0.2, 0.25) is 0 Å². The van der Waals surface area contributed by atoms with E-state index in [9.17, 15) is 0 Å². The first-order chi connectivity index (χ1) is 4.90. The van der Waals surface area contributed by atoms with Crippen LogP contribution in [0.15, 0.2) is 12.2 Å². The van der Waals surface area contributed by atoms with Gasteiger partial charge in [0.1, 0.15) is 0 Å². The lowest BCUT2D eigenvalue weighted by Crippen LogP contribution is -2.12. The summed E-state index contributed by atoms with van der Waals surface area (Å²) in [6, 6.07) is 0. The molecule has 0 saturated heterocycles. The van der Waals surface area contributed by atoms with Gasteiger partial charge in [0.25, 0.3) is 0 Å². The van der Waals surface area contributed by atoms with Crippen LogP contribution in [0.1, 0.15) is 12.8 Å². The van der Waals surface area contributed by atoms with Crippen molar-refractivity contribution in [3.63, 3.8) is 0 Å². The molecule has 0 aromatic heterocycles. The standard InChI is InChI=1S/C9H14O/c1-10-6-9-5-7-2-3-8(9)4-7/h2-3,7-9H,4-6H2,1H3/t7-,8+,9-/m1/s1. The molecule has 1 fully saturated rings. The largest absolute Gasteiger partial charge is 0.384 e. The summed E-state index contributed by atoms with van der Waals surface area (Å²) in [4.78, 5) is 0. The molecule has 0 aliphatic heterocycles. The number of methoxy groups -OCH3 is 1. The summed E-state index contributed by atoms with van der Waals surface area (Å²) in [5, 5.41) is 0. The number of allylic oxidation sites excluding steroid dienone is 2. The molecule has 0 amide bonds. The van der Waals surface area contributed by atoms with E-state index in [1.807, 2.05) is 0 Å². The average molecular weight is 138 g/mol. The van der Waals surface area contributed by atoms with Gasteiger partial charge in [0, 0.05) is 13.7 Å². The van der Waals surface area contributed by atoms with Gasteiger partial charge in [0.15, 0.2) is 0 Å². The maximum Gasteiger partial charge on any atom is 0.0496 e. The van der Waals surface area contributed by atoms with E-state index >= 15 is 0 Å². The fraction of sp³-hybridized carbons (Fsp3) is 0.778. The van der Waals surface area contributed by atoms with Gasteiger partial charge in [-0.15, -0.1) is 0 Å². The average Bonchev–Trinajstić information content (AvgIpc) is 2.48. The van der Waals surface area contributed by atoms with Crippen molar-refractivity contribution in [2.75, 3.05) is 13.7 Å². The Labute approximate surface area is 62.1 Å². The van der Waals surface area contributed by atoms with Crippen molar-refractivity contribution in [3.8, 4) is 0 Å². The molecule has 2 bridgehead atoms. The van der Waals surface area contributed by atoms with Crippen LogP contribution < -0.4 is 0 Å². The van der Waals surface area contributed by atoms with Crippen molar-refractivity contribution < 1.29 is 4.74 Å². The van der Waals surface area contributed by atoms with Gasteiger partial charge in [-0.05, 0) is 30.6 Å². The van der Waals surface area contributed by atoms with Gasteiger partial charge >= 0.3 is 0 Å². The lowest BCUT2D eigenvalue weighted by atomic mass is 9.95. The molecule has 0 spiro atoms. The summed E-state index contributed by atoms with van der Waals surface area (Å²) < 4.78 is 5.14. The first kappa shape index (κ1) is 6.41. The molecule has 0 heterocycles. The van der Waals surface area contributed by atoms with Gasteiger partial charge in [-0.25, -0.2) is 0 Å². The Kier molecular flexibility index (Phi) is 1.53. The summed E-state index contributed by atoms with van der Waals surface area (Å²) in [5.74, 6) is 2.58. The van der Waals surface area contributed by atoms with Gasteiger partial charge in [0.05, 0.1) is 0 Å². The summed E-state index contributed by atoms with van der Waals surface area (Å²) in [6.45, 7) is 0.964. The highest BCUT2D eigenvalue weighted by atomic mass is 16.5. The zero-order valence-corrected chi connectivity index (χ0v) is 6.42.